The third-order valence-corrected chi connectivity index (χ3v) is 5.52. The van der Waals surface area contributed by atoms with Crippen molar-refractivity contribution in [3.05, 3.63) is 41.4 Å². The first-order chi connectivity index (χ1) is 16.1. The van der Waals surface area contributed by atoms with Crippen molar-refractivity contribution in [3.8, 4) is 17.2 Å². The molecule has 10 nitrogen and oxygen atoms in total. The first-order valence-corrected chi connectivity index (χ1v) is 10.2. The highest BCUT2D eigenvalue weighted by atomic mass is 19.4. The van der Waals surface area contributed by atoms with E-state index in [0.29, 0.717) is 10.9 Å². The molecule has 3 heterocycles. The number of ether oxygens (including phenoxy) is 1. The summed E-state index contributed by atoms with van der Waals surface area (Å²) in [5.74, 6) is -0.163. The number of nitrogens with zero attached hydrogens (tertiary/aromatic N) is 4. The van der Waals surface area contributed by atoms with Gasteiger partial charge >= 0.3 is 12.2 Å². The van der Waals surface area contributed by atoms with Gasteiger partial charge < -0.3 is 30.4 Å². The van der Waals surface area contributed by atoms with Gasteiger partial charge in [-0.25, -0.2) is 14.8 Å². The molecule has 0 spiro atoms. The minimum atomic E-state index is -4.64. The molecule has 0 aliphatic carbocycles. The lowest BCUT2D eigenvalue weighted by Crippen LogP contribution is -2.52. The maximum atomic E-state index is 13.2. The van der Waals surface area contributed by atoms with Gasteiger partial charge in [-0.15, -0.1) is 0 Å². The number of nitrogens with two attached hydrogens (primary N) is 2. The summed E-state index contributed by atoms with van der Waals surface area (Å²) in [6.07, 6.45) is -4.64. The molecule has 3 aromatic rings. The van der Waals surface area contributed by atoms with Crippen LogP contribution in [0.2, 0.25) is 0 Å². The van der Waals surface area contributed by atoms with Crippen LogP contribution in [0.1, 0.15) is 21.9 Å². The average molecular weight is 478 g/mol. The lowest BCUT2D eigenvalue weighted by molar-refractivity contribution is -0.140. The summed E-state index contributed by atoms with van der Waals surface area (Å²) < 4.78 is 50.5. The fourth-order valence-corrected chi connectivity index (χ4v) is 3.75. The Morgan fingerprint density at radius 2 is 1.76 bits per heavy atom. The van der Waals surface area contributed by atoms with Gasteiger partial charge in [-0.05, 0) is 24.3 Å². The number of amides is 3. The first kappa shape index (κ1) is 23.3. The maximum Gasteiger partial charge on any atom is 0.433 e. The molecule has 0 bridgehead atoms. The molecule has 34 heavy (non-hydrogen) atoms. The molecule has 0 atom stereocenters. The number of fused-ring (bicyclic) bond motifs is 1. The van der Waals surface area contributed by atoms with Crippen LogP contribution in [0, 0.1) is 0 Å². The van der Waals surface area contributed by atoms with Gasteiger partial charge in [0.2, 0.25) is 5.89 Å². The maximum absolute atomic E-state index is 13.2. The Morgan fingerprint density at radius 3 is 2.35 bits per heavy atom. The van der Waals surface area contributed by atoms with E-state index in [1.807, 2.05) is 0 Å². The Morgan fingerprint density at radius 1 is 1.09 bits per heavy atom. The molecular formula is C21H21F3N6O4. The average Bonchev–Trinajstić information content (AvgIpc) is 3.26. The Balaban J connectivity index is 1.73. The van der Waals surface area contributed by atoms with E-state index >= 15 is 0 Å². The van der Waals surface area contributed by atoms with E-state index in [1.165, 1.54) is 29.0 Å². The van der Waals surface area contributed by atoms with Crippen LogP contribution in [-0.4, -0.2) is 65.0 Å². The summed E-state index contributed by atoms with van der Waals surface area (Å²) in [5, 5.41) is 0.297. The molecule has 0 saturated carbocycles. The minimum Gasteiger partial charge on any atom is -0.494 e. The number of hydrogen-bond donors (Lipinski definition) is 2. The van der Waals surface area contributed by atoms with Crippen molar-refractivity contribution < 1.29 is 31.9 Å². The second-order valence-corrected chi connectivity index (χ2v) is 7.52. The Labute approximate surface area is 191 Å². The van der Waals surface area contributed by atoms with Crippen molar-refractivity contribution in [2.45, 2.75) is 12.7 Å². The fourth-order valence-electron chi connectivity index (χ4n) is 3.75. The van der Waals surface area contributed by atoms with Crippen molar-refractivity contribution in [2.24, 2.45) is 11.5 Å². The number of urea groups is 1. The molecule has 4 rings (SSSR count). The number of halogens is 3. The number of benzene rings is 1. The number of alkyl halides is 3. The number of oxazole rings is 1. The Kier molecular flexibility index (Phi) is 6.04. The van der Waals surface area contributed by atoms with E-state index in [4.69, 9.17) is 20.6 Å². The number of pyridine rings is 1. The standard InChI is InChI=1S/C21H21F3N6O4/c1-33-13-4-2-12(11-3-5-15(21(22,23)24)27-16(11)13)18-28-17(14(10-25)34-18)19(31)29-6-8-30(9-7-29)20(26)32/h2-5H,6-10,25H2,1H3,(H2,26,32). The quantitative estimate of drug-likeness (QED) is 0.586. The van der Waals surface area contributed by atoms with Gasteiger partial charge in [-0.2, -0.15) is 13.2 Å². The number of carbonyl (C=O) groups is 2. The molecule has 1 fully saturated rings. The van der Waals surface area contributed by atoms with Crippen LogP contribution < -0.4 is 16.2 Å². The van der Waals surface area contributed by atoms with E-state index in [0.717, 1.165) is 6.07 Å². The predicted molar refractivity (Wildman–Crippen MR) is 114 cm³/mol. The van der Waals surface area contributed by atoms with Crippen molar-refractivity contribution in [2.75, 3.05) is 33.3 Å². The van der Waals surface area contributed by atoms with Gasteiger partial charge in [0, 0.05) is 37.1 Å². The lowest BCUT2D eigenvalue weighted by Gasteiger charge is -2.33. The predicted octanol–water partition coefficient (Wildman–Crippen LogP) is 2.21. The van der Waals surface area contributed by atoms with Crippen LogP contribution in [0.4, 0.5) is 18.0 Å². The third kappa shape index (κ3) is 4.21. The van der Waals surface area contributed by atoms with Crippen molar-refractivity contribution in [1.29, 1.82) is 0 Å². The fraction of sp³-hybridized carbons (Fsp3) is 0.333. The largest absolute Gasteiger partial charge is 0.494 e. The molecule has 4 N–H and O–H groups in total. The molecule has 3 amide bonds. The zero-order valence-corrected chi connectivity index (χ0v) is 18.1. The second-order valence-electron chi connectivity index (χ2n) is 7.52. The molecule has 0 unspecified atom stereocenters. The van der Waals surface area contributed by atoms with Gasteiger partial charge in [0.25, 0.3) is 5.91 Å². The molecule has 1 saturated heterocycles. The zero-order chi connectivity index (χ0) is 24.6. The highest BCUT2D eigenvalue weighted by Crippen LogP contribution is 2.37. The van der Waals surface area contributed by atoms with Gasteiger partial charge in [-0.3, -0.25) is 4.79 Å². The van der Waals surface area contributed by atoms with Crippen LogP contribution in [0.3, 0.4) is 0 Å². The molecule has 0 radical (unpaired) electrons. The van der Waals surface area contributed by atoms with Crippen LogP contribution in [0.25, 0.3) is 22.4 Å². The molecule has 1 aromatic carbocycles. The van der Waals surface area contributed by atoms with Crippen molar-refractivity contribution >= 4 is 22.8 Å². The van der Waals surface area contributed by atoms with Crippen LogP contribution in [-0.2, 0) is 12.7 Å². The number of hydrogen-bond acceptors (Lipinski definition) is 7. The minimum absolute atomic E-state index is 0.00568. The summed E-state index contributed by atoms with van der Waals surface area (Å²) in [6.45, 7) is 0.938. The van der Waals surface area contributed by atoms with Gasteiger partial charge in [0.15, 0.2) is 11.5 Å². The lowest BCUT2D eigenvalue weighted by atomic mass is 10.1. The van der Waals surface area contributed by atoms with Crippen LogP contribution >= 0.6 is 0 Å². The molecule has 180 valence electrons. The molecule has 1 aliphatic heterocycles. The van der Waals surface area contributed by atoms with Crippen molar-refractivity contribution in [3.63, 3.8) is 0 Å². The molecule has 1 aliphatic rings. The third-order valence-electron chi connectivity index (χ3n) is 5.52. The number of primary amides is 1. The normalized spacial score (nSPS) is 14.5. The van der Waals surface area contributed by atoms with Crippen LogP contribution in [0.15, 0.2) is 28.7 Å². The SMILES string of the molecule is COc1ccc(-c2nc(C(=O)N3CCN(C(N)=O)CC3)c(CN)o2)c2ccc(C(F)(F)F)nc12. The number of piperazine rings is 1. The molecule has 2 aromatic heterocycles. The summed E-state index contributed by atoms with van der Waals surface area (Å²) in [7, 11) is 1.32. The summed E-state index contributed by atoms with van der Waals surface area (Å²) in [5.41, 5.74) is 10.3. The number of carbonyl (C=O) groups excluding carboxylic acids is 2. The highest BCUT2D eigenvalue weighted by Gasteiger charge is 2.33. The number of methoxy groups -OCH3 is 1. The van der Waals surface area contributed by atoms with Gasteiger partial charge in [-0.1, -0.05) is 0 Å². The molecule has 13 heteroatoms. The van der Waals surface area contributed by atoms with E-state index < -0.39 is 23.8 Å². The van der Waals surface area contributed by atoms with Gasteiger partial charge in [0.1, 0.15) is 17.0 Å². The number of rotatable bonds is 4. The Bertz CT molecular complexity index is 1250. The van der Waals surface area contributed by atoms with E-state index in [2.05, 4.69) is 9.97 Å². The van der Waals surface area contributed by atoms with E-state index in [9.17, 15) is 22.8 Å². The first-order valence-electron chi connectivity index (χ1n) is 10.2. The topological polar surface area (TPSA) is 141 Å². The van der Waals surface area contributed by atoms with E-state index in [1.54, 1.807) is 6.07 Å². The summed E-state index contributed by atoms with van der Waals surface area (Å²) in [6, 6.07) is 4.54. The smallest absolute Gasteiger partial charge is 0.433 e. The monoisotopic (exact) mass is 478 g/mol. The summed E-state index contributed by atoms with van der Waals surface area (Å²) >= 11 is 0. The Hall–Kier alpha value is -3.87. The highest BCUT2D eigenvalue weighted by molar-refractivity contribution is 5.98. The number of aromatic nitrogens is 2. The van der Waals surface area contributed by atoms with Crippen molar-refractivity contribution in [1.82, 2.24) is 19.8 Å². The zero-order valence-electron chi connectivity index (χ0n) is 18.1. The molecular weight excluding hydrogens is 457 g/mol. The van der Waals surface area contributed by atoms with Crippen LogP contribution in [0.5, 0.6) is 5.75 Å². The second kappa shape index (κ2) is 8.82. The van der Waals surface area contributed by atoms with E-state index in [-0.39, 0.29) is 61.3 Å². The van der Waals surface area contributed by atoms with Gasteiger partial charge in [0.05, 0.1) is 13.7 Å². The summed E-state index contributed by atoms with van der Waals surface area (Å²) in [4.78, 5) is 35.4.